The molecule has 0 radical (unpaired) electrons. The molecule has 1 amide bonds. The highest BCUT2D eigenvalue weighted by molar-refractivity contribution is 5.77. The quantitative estimate of drug-likeness (QED) is 0.821. The Labute approximate surface area is 124 Å². The van der Waals surface area contributed by atoms with E-state index in [1.54, 1.807) is 12.1 Å². The van der Waals surface area contributed by atoms with Gasteiger partial charge in [-0.25, -0.2) is 0 Å². The summed E-state index contributed by atoms with van der Waals surface area (Å²) >= 11 is 0. The van der Waals surface area contributed by atoms with Crippen LogP contribution in [0.1, 0.15) is 31.9 Å². The third kappa shape index (κ3) is 3.89. The molecule has 21 heavy (non-hydrogen) atoms. The van der Waals surface area contributed by atoms with Crippen molar-refractivity contribution in [2.75, 3.05) is 13.2 Å². The van der Waals surface area contributed by atoms with Gasteiger partial charge in [0.05, 0.1) is 6.54 Å². The van der Waals surface area contributed by atoms with E-state index in [0.717, 1.165) is 12.0 Å². The van der Waals surface area contributed by atoms with Crippen molar-refractivity contribution in [1.29, 1.82) is 0 Å². The van der Waals surface area contributed by atoms with E-state index in [9.17, 15) is 4.79 Å². The van der Waals surface area contributed by atoms with E-state index >= 15 is 0 Å². The van der Waals surface area contributed by atoms with Gasteiger partial charge in [-0.05, 0) is 19.9 Å². The molecule has 0 bridgehead atoms. The molecule has 0 spiro atoms. The summed E-state index contributed by atoms with van der Waals surface area (Å²) in [6.45, 7) is 4.10. The van der Waals surface area contributed by atoms with Crippen LogP contribution >= 0.6 is 0 Å². The average Bonchev–Trinajstić information content (AvgIpc) is 2.41. The maximum absolute atomic E-state index is 11.4. The first-order chi connectivity index (χ1) is 9.91. The number of benzene rings is 1. The zero-order valence-electron chi connectivity index (χ0n) is 12.3. The summed E-state index contributed by atoms with van der Waals surface area (Å²) in [4.78, 5) is 11.4. The molecule has 3 N–H and O–H groups in total. The van der Waals surface area contributed by atoms with Crippen LogP contribution in [-0.4, -0.2) is 24.7 Å². The molecule has 0 aliphatic carbocycles. The van der Waals surface area contributed by atoms with Gasteiger partial charge in [0.1, 0.15) is 17.1 Å². The second-order valence-electron chi connectivity index (χ2n) is 5.64. The van der Waals surface area contributed by atoms with Crippen LogP contribution in [0.15, 0.2) is 18.2 Å². The lowest BCUT2D eigenvalue weighted by molar-refractivity contribution is -0.122. The summed E-state index contributed by atoms with van der Waals surface area (Å²) in [5.41, 5.74) is 6.79. The van der Waals surface area contributed by atoms with Crippen LogP contribution in [-0.2, 0) is 4.79 Å². The number of rotatable bonds is 4. The Bertz CT molecular complexity index is 575. The van der Waals surface area contributed by atoms with Crippen molar-refractivity contribution in [3.63, 3.8) is 0 Å². The fraction of sp³-hybridized carbons (Fsp3) is 0.438. The zero-order chi connectivity index (χ0) is 15.5. The Morgan fingerprint density at radius 1 is 1.62 bits per heavy atom. The lowest BCUT2D eigenvalue weighted by Gasteiger charge is -2.36. The molecule has 0 saturated carbocycles. The van der Waals surface area contributed by atoms with Gasteiger partial charge in [-0.2, -0.15) is 0 Å². The minimum Gasteiger partial charge on any atom is -0.487 e. The number of nitrogens with one attached hydrogen (secondary N) is 1. The third-order valence-electron chi connectivity index (χ3n) is 3.24. The number of terminal acetylenes is 1. The van der Waals surface area contributed by atoms with Crippen LogP contribution in [0.4, 0.5) is 0 Å². The molecule has 0 fully saturated rings. The lowest BCUT2D eigenvalue weighted by Crippen LogP contribution is -2.37. The first-order valence-electron chi connectivity index (χ1n) is 6.83. The Morgan fingerprint density at radius 3 is 3.10 bits per heavy atom. The van der Waals surface area contributed by atoms with Gasteiger partial charge >= 0.3 is 0 Å². The van der Waals surface area contributed by atoms with Crippen LogP contribution in [0.3, 0.4) is 0 Å². The van der Waals surface area contributed by atoms with Crippen LogP contribution in [0.25, 0.3) is 0 Å². The maximum Gasteiger partial charge on any atom is 0.258 e. The Morgan fingerprint density at radius 2 is 2.38 bits per heavy atom. The molecule has 2 rings (SSSR count). The van der Waals surface area contributed by atoms with Gasteiger partial charge < -0.3 is 20.5 Å². The molecule has 1 unspecified atom stereocenters. The molecule has 1 atom stereocenters. The van der Waals surface area contributed by atoms with Gasteiger partial charge in [0, 0.05) is 24.1 Å². The lowest BCUT2D eigenvalue weighted by atomic mass is 9.90. The zero-order valence-corrected chi connectivity index (χ0v) is 12.3. The molecule has 1 heterocycles. The largest absolute Gasteiger partial charge is 0.487 e. The van der Waals surface area contributed by atoms with Crippen LogP contribution in [0.5, 0.6) is 11.5 Å². The number of carbonyl (C=O) groups excluding carboxylic acids is 1. The van der Waals surface area contributed by atoms with E-state index < -0.39 is 0 Å². The Kier molecular flexibility index (Phi) is 4.39. The molecule has 0 aromatic heterocycles. The van der Waals surface area contributed by atoms with Gasteiger partial charge in [-0.3, -0.25) is 4.79 Å². The third-order valence-corrected chi connectivity index (χ3v) is 3.24. The highest BCUT2D eigenvalue weighted by atomic mass is 16.5. The minimum absolute atomic E-state index is 0.0586. The van der Waals surface area contributed by atoms with Gasteiger partial charge in [0.15, 0.2) is 6.61 Å². The Hall–Kier alpha value is -2.19. The Balaban J connectivity index is 2.04. The number of nitrogens with two attached hydrogens (primary N) is 1. The topological polar surface area (TPSA) is 73.6 Å². The van der Waals surface area contributed by atoms with Crippen molar-refractivity contribution < 1.29 is 14.3 Å². The van der Waals surface area contributed by atoms with E-state index in [-0.39, 0.29) is 30.7 Å². The number of fused-ring (bicyclic) bond motifs is 1. The standard InChI is InChI=1S/C16H20N2O3/c1-4-7-18-15(19)10-20-11-5-6-12-13(17)9-16(2,3)21-14(12)8-11/h1,5-6,8,13H,7,9-10,17H2,2-3H3,(H,18,19). The SMILES string of the molecule is C#CCNC(=O)COc1ccc2c(c1)OC(C)(C)CC2N. The molecule has 1 aromatic rings. The van der Waals surface area contributed by atoms with Crippen molar-refractivity contribution in [2.45, 2.75) is 31.9 Å². The van der Waals surface area contributed by atoms with Crippen molar-refractivity contribution in [3.05, 3.63) is 23.8 Å². The normalized spacial score (nSPS) is 18.9. The number of hydrogen-bond acceptors (Lipinski definition) is 4. The molecular weight excluding hydrogens is 268 g/mol. The first kappa shape index (κ1) is 15.2. The first-order valence-corrected chi connectivity index (χ1v) is 6.83. The van der Waals surface area contributed by atoms with E-state index in [0.29, 0.717) is 11.5 Å². The van der Waals surface area contributed by atoms with Gasteiger partial charge in [-0.15, -0.1) is 6.42 Å². The van der Waals surface area contributed by atoms with E-state index in [4.69, 9.17) is 21.6 Å². The second kappa shape index (κ2) is 6.06. The summed E-state index contributed by atoms with van der Waals surface area (Å²) in [6.07, 6.45) is 5.82. The molecule has 112 valence electrons. The van der Waals surface area contributed by atoms with Crippen molar-refractivity contribution in [3.8, 4) is 23.8 Å². The van der Waals surface area contributed by atoms with Gasteiger partial charge in [0.2, 0.25) is 0 Å². The fourth-order valence-corrected chi connectivity index (χ4v) is 2.33. The van der Waals surface area contributed by atoms with E-state index in [2.05, 4.69) is 11.2 Å². The highest BCUT2D eigenvalue weighted by Gasteiger charge is 2.31. The molecule has 0 saturated heterocycles. The summed E-state index contributed by atoms with van der Waals surface area (Å²) in [7, 11) is 0. The van der Waals surface area contributed by atoms with Gasteiger partial charge in [-0.1, -0.05) is 12.0 Å². The predicted octanol–water partition coefficient (Wildman–Crippen LogP) is 1.38. The number of carbonyl (C=O) groups is 1. The smallest absolute Gasteiger partial charge is 0.258 e. The van der Waals surface area contributed by atoms with Crippen LogP contribution in [0, 0.1) is 12.3 Å². The number of hydrogen-bond donors (Lipinski definition) is 2. The molecule has 1 aliphatic heterocycles. The number of ether oxygens (including phenoxy) is 2. The molecule has 5 heteroatoms. The fourth-order valence-electron chi connectivity index (χ4n) is 2.33. The highest BCUT2D eigenvalue weighted by Crippen LogP contribution is 2.39. The maximum atomic E-state index is 11.4. The summed E-state index contributed by atoms with van der Waals surface area (Å²) in [6, 6.07) is 5.38. The molecule has 1 aromatic carbocycles. The predicted molar refractivity (Wildman–Crippen MR) is 80.0 cm³/mol. The minimum atomic E-state index is -0.310. The average molecular weight is 288 g/mol. The van der Waals surface area contributed by atoms with Crippen molar-refractivity contribution in [1.82, 2.24) is 5.32 Å². The molecule has 1 aliphatic rings. The monoisotopic (exact) mass is 288 g/mol. The van der Waals surface area contributed by atoms with Crippen LogP contribution in [0.2, 0.25) is 0 Å². The van der Waals surface area contributed by atoms with E-state index in [1.807, 2.05) is 19.9 Å². The molecule has 5 nitrogen and oxygen atoms in total. The van der Waals surface area contributed by atoms with Crippen molar-refractivity contribution in [2.24, 2.45) is 5.73 Å². The summed E-state index contributed by atoms with van der Waals surface area (Å²) in [5.74, 6) is 3.34. The second-order valence-corrected chi connectivity index (χ2v) is 5.64. The van der Waals surface area contributed by atoms with Gasteiger partial charge in [0.25, 0.3) is 5.91 Å². The molecular formula is C16H20N2O3. The summed E-state index contributed by atoms with van der Waals surface area (Å²) < 4.78 is 11.3. The van der Waals surface area contributed by atoms with Crippen molar-refractivity contribution >= 4 is 5.91 Å². The van der Waals surface area contributed by atoms with E-state index in [1.165, 1.54) is 0 Å². The summed E-state index contributed by atoms with van der Waals surface area (Å²) in [5, 5.41) is 2.53. The van der Waals surface area contributed by atoms with Crippen LogP contribution < -0.4 is 20.5 Å². The number of amides is 1.